The van der Waals surface area contributed by atoms with Crippen LogP contribution >= 0.6 is 7.60 Å². The van der Waals surface area contributed by atoms with Crippen molar-refractivity contribution in [1.82, 2.24) is 6.15 Å². The van der Waals surface area contributed by atoms with Crippen LogP contribution in [-0.2, 0) is 13.6 Å². The Morgan fingerprint density at radius 3 is 2.11 bits per heavy atom. The average molecular weight is 154 g/mol. The molecule has 1 fully saturated rings. The number of hydrogen-bond donors (Lipinski definition) is 2. The first-order valence-corrected chi connectivity index (χ1v) is 4.08. The molecule has 9 heavy (non-hydrogen) atoms. The molecule has 0 saturated carbocycles. The Balaban J connectivity index is 0.000000640. The maximum Gasteiger partial charge on any atom is 0.344 e. The highest BCUT2D eigenvalue weighted by atomic mass is 31.2. The third-order valence-electron chi connectivity index (χ3n) is 0.883. The normalized spacial score (nSPS) is 23.2. The van der Waals surface area contributed by atoms with Crippen LogP contribution in [0.2, 0.25) is 0 Å². The standard InChI is InChI=1S/C3H8NO3P.H3N/c4-3-8(5)6-1-2-7-8;/h1-4H2;1H3. The van der Waals surface area contributed by atoms with E-state index >= 15 is 0 Å². The van der Waals surface area contributed by atoms with Crippen LogP contribution in [-0.4, -0.2) is 19.5 Å². The molecule has 0 aromatic rings. The van der Waals surface area contributed by atoms with Gasteiger partial charge in [-0.25, -0.2) is 0 Å². The van der Waals surface area contributed by atoms with Gasteiger partial charge in [0, 0.05) is 0 Å². The van der Waals surface area contributed by atoms with Crippen LogP contribution in [0.4, 0.5) is 0 Å². The van der Waals surface area contributed by atoms with Gasteiger partial charge in [0.1, 0.15) is 0 Å². The SMILES string of the molecule is N.NCP1(=O)OCCO1. The molecule has 0 radical (unpaired) electrons. The van der Waals surface area contributed by atoms with Crippen LogP contribution in [0, 0.1) is 0 Å². The molecule has 0 spiro atoms. The van der Waals surface area contributed by atoms with Gasteiger partial charge >= 0.3 is 7.60 Å². The largest absolute Gasteiger partial charge is 0.344 e. The Morgan fingerprint density at radius 1 is 1.44 bits per heavy atom. The van der Waals surface area contributed by atoms with Gasteiger partial charge in [0.05, 0.1) is 19.5 Å². The van der Waals surface area contributed by atoms with E-state index in [4.69, 9.17) is 14.8 Å². The molecule has 0 unspecified atom stereocenters. The van der Waals surface area contributed by atoms with E-state index < -0.39 is 7.60 Å². The molecule has 0 aliphatic carbocycles. The predicted molar refractivity (Wildman–Crippen MR) is 33.6 cm³/mol. The molecule has 0 aromatic carbocycles. The summed E-state index contributed by atoms with van der Waals surface area (Å²) in [4.78, 5) is 0. The van der Waals surface area contributed by atoms with Crippen molar-refractivity contribution in [1.29, 1.82) is 0 Å². The van der Waals surface area contributed by atoms with Gasteiger partial charge in [-0.1, -0.05) is 0 Å². The average Bonchev–Trinajstić information content (AvgIpc) is 2.17. The van der Waals surface area contributed by atoms with Gasteiger partial charge in [0.25, 0.3) is 0 Å². The van der Waals surface area contributed by atoms with Crippen molar-refractivity contribution in [2.45, 2.75) is 0 Å². The van der Waals surface area contributed by atoms with Crippen LogP contribution in [0.5, 0.6) is 0 Å². The highest BCUT2D eigenvalue weighted by molar-refractivity contribution is 7.53. The minimum absolute atomic E-state index is 0. The van der Waals surface area contributed by atoms with E-state index in [1.807, 2.05) is 0 Å². The number of hydrogen-bond acceptors (Lipinski definition) is 5. The Morgan fingerprint density at radius 2 is 1.89 bits per heavy atom. The molecule has 5 nitrogen and oxygen atoms in total. The Hall–Kier alpha value is 0.0700. The van der Waals surface area contributed by atoms with E-state index in [0.717, 1.165) is 0 Å². The molecule has 1 aliphatic heterocycles. The monoisotopic (exact) mass is 154 g/mol. The molecule has 1 saturated heterocycles. The Bertz CT molecular complexity index is 118. The molecule has 1 rings (SSSR count). The lowest BCUT2D eigenvalue weighted by Crippen LogP contribution is -1.99. The number of nitrogens with two attached hydrogens (primary N) is 1. The van der Waals surface area contributed by atoms with E-state index in [9.17, 15) is 4.57 Å². The summed E-state index contributed by atoms with van der Waals surface area (Å²) >= 11 is 0. The molecule has 6 heteroatoms. The summed E-state index contributed by atoms with van der Waals surface area (Å²) in [7, 11) is -2.77. The molecule has 0 bridgehead atoms. The van der Waals surface area contributed by atoms with Gasteiger partial charge in [-0.15, -0.1) is 0 Å². The van der Waals surface area contributed by atoms with Gasteiger partial charge in [-0.05, 0) is 0 Å². The second-order valence-electron chi connectivity index (χ2n) is 1.46. The highest BCUT2D eigenvalue weighted by Gasteiger charge is 2.27. The maximum absolute atomic E-state index is 10.8. The Kier molecular flexibility index (Phi) is 3.32. The van der Waals surface area contributed by atoms with E-state index in [0.29, 0.717) is 13.2 Å². The smallest absolute Gasteiger partial charge is 0.344 e. The molecule has 56 valence electrons. The van der Waals surface area contributed by atoms with Gasteiger partial charge in [-0.2, -0.15) is 0 Å². The van der Waals surface area contributed by atoms with Gasteiger partial charge < -0.3 is 20.9 Å². The van der Waals surface area contributed by atoms with Crippen molar-refractivity contribution < 1.29 is 13.6 Å². The zero-order valence-electron chi connectivity index (χ0n) is 5.08. The lowest BCUT2D eigenvalue weighted by Gasteiger charge is -2.02. The fourth-order valence-electron chi connectivity index (χ4n) is 0.495. The Labute approximate surface area is 53.6 Å². The van der Waals surface area contributed by atoms with Gasteiger partial charge in [-0.3, -0.25) is 4.57 Å². The first kappa shape index (κ1) is 9.07. The summed E-state index contributed by atoms with van der Waals surface area (Å²) in [5.41, 5.74) is 5.05. The lowest BCUT2D eigenvalue weighted by atomic mass is 10.8. The molecule has 1 aliphatic rings. The van der Waals surface area contributed by atoms with Crippen LogP contribution in [0.3, 0.4) is 0 Å². The maximum atomic E-state index is 10.8. The van der Waals surface area contributed by atoms with Crippen LogP contribution < -0.4 is 11.9 Å². The van der Waals surface area contributed by atoms with Crippen molar-refractivity contribution in [3.63, 3.8) is 0 Å². The summed E-state index contributed by atoms with van der Waals surface area (Å²) in [6, 6.07) is 0. The van der Waals surface area contributed by atoms with Crippen molar-refractivity contribution >= 4 is 7.60 Å². The first-order chi connectivity index (χ1) is 3.77. The summed E-state index contributed by atoms with van der Waals surface area (Å²) in [6.07, 6.45) is -0.00694. The minimum atomic E-state index is -2.77. The summed E-state index contributed by atoms with van der Waals surface area (Å²) in [5, 5.41) is 0. The fourth-order valence-corrected chi connectivity index (χ4v) is 1.49. The molecular formula is C3H11N2O3P. The second kappa shape index (κ2) is 3.29. The van der Waals surface area contributed by atoms with E-state index in [1.54, 1.807) is 0 Å². The van der Waals surface area contributed by atoms with Crippen molar-refractivity contribution in [3.05, 3.63) is 0 Å². The van der Waals surface area contributed by atoms with Gasteiger partial charge in [0.15, 0.2) is 0 Å². The first-order valence-electron chi connectivity index (χ1n) is 2.35. The second-order valence-corrected chi connectivity index (χ2v) is 3.56. The van der Waals surface area contributed by atoms with Crippen molar-refractivity contribution in [3.8, 4) is 0 Å². The predicted octanol–water partition coefficient (Wildman–Crippen LogP) is 0.304. The molecule has 5 N–H and O–H groups in total. The van der Waals surface area contributed by atoms with E-state index in [2.05, 4.69) is 0 Å². The highest BCUT2D eigenvalue weighted by Crippen LogP contribution is 2.49. The van der Waals surface area contributed by atoms with Crippen molar-refractivity contribution in [2.75, 3.05) is 19.5 Å². The fraction of sp³-hybridized carbons (Fsp3) is 1.00. The molecule has 0 aromatic heterocycles. The zero-order valence-corrected chi connectivity index (χ0v) is 5.97. The summed E-state index contributed by atoms with van der Waals surface area (Å²) in [5.74, 6) is 0. The van der Waals surface area contributed by atoms with Gasteiger partial charge in [0.2, 0.25) is 0 Å². The topological polar surface area (TPSA) is 96.6 Å². The van der Waals surface area contributed by atoms with Crippen LogP contribution in [0.25, 0.3) is 0 Å². The molecular weight excluding hydrogens is 143 g/mol. The molecule has 0 amide bonds. The number of rotatable bonds is 1. The quantitative estimate of drug-likeness (QED) is 0.529. The van der Waals surface area contributed by atoms with E-state index in [-0.39, 0.29) is 12.4 Å². The van der Waals surface area contributed by atoms with Crippen molar-refractivity contribution in [2.24, 2.45) is 5.73 Å². The summed E-state index contributed by atoms with van der Waals surface area (Å²) < 4.78 is 20.2. The van der Waals surface area contributed by atoms with E-state index in [1.165, 1.54) is 0 Å². The van der Waals surface area contributed by atoms with Crippen LogP contribution in [0.15, 0.2) is 0 Å². The molecule has 0 atom stereocenters. The molecule has 1 heterocycles. The third-order valence-corrected chi connectivity index (χ3v) is 2.48. The van der Waals surface area contributed by atoms with Crippen LogP contribution in [0.1, 0.15) is 0 Å². The lowest BCUT2D eigenvalue weighted by molar-refractivity contribution is 0.352. The minimum Gasteiger partial charge on any atom is -0.344 e. The summed E-state index contributed by atoms with van der Waals surface area (Å²) in [6.45, 7) is 0.822. The third kappa shape index (κ3) is 2.04. The zero-order chi connectivity index (χ0) is 6.04.